The highest BCUT2D eigenvalue weighted by atomic mass is 16.6. The summed E-state index contributed by atoms with van der Waals surface area (Å²) in [6.07, 6.45) is 2.59. The number of fused-ring (bicyclic) bond motifs is 1. The number of rotatable bonds is 4. The lowest BCUT2D eigenvalue weighted by Crippen LogP contribution is -2.36. The Morgan fingerprint density at radius 1 is 1.29 bits per heavy atom. The van der Waals surface area contributed by atoms with E-state index >= 15 is 0 Å². The molecule has 1 atom stereocenters. The average molecular weight is 325 g/mol. The zero-order valence-electron chi connectivity index (χ0n) is 13.6. The molecule has 1 aromatic carbocycles. The van der Waals surface area contributed by atoms with Gasteiger partial charge in [0.25, 0.3) is 0 Å². The number of nitrogen functional groups attached to an aromatic ring is 1. The molecular formula is C17H19N5O2. The first kappa shape index (κ1) is 15.9. The molecule has 0 aliphatic heterocycles. The van der Waals surface area contributed by atoms with Crippen LogP contribution in [0.15, 0.2) is 42.6 Å². The van der Waals surface area contributed by atoms with E-state index in [1.165, 1.54) is 6.07 Å². The third kappa shape index (κ3) is 2.69. The van der Waals surface area contributed by atoms with Crippen LogP contribution in [-0.4, -0.2) is 14.5 Å². The average Bonchev–Trinajstić information content (AvgIpc) is 2.83. The van der Waals surface area contributed by atoms with Gasteiger partial charge >= 0.3 is 5.69 Å². The van der Waals surface area contributed by atoms with Gasteiger partial charge in [-0.2, -0.15) is 0 Å². The minimum absolute atomic E-state index is 0.118. The van der Waals surface area contributed by atoms with Gasteiger partial charge in [-0.05, 0) is 31.0 Å². The second kappa shape index (κ2) is 5.61. The third-order valence-corrected chi connectivity index (χ3v) is 4.22. The summed E-state index contributed by atoms with van der Waals surface area (Å²) in [4.78, 5) is 14.5. The minimum Gasteiger partial charge on any atom is -0.378 e. The van der Waals surface area contributed by atoms with Crippen molar-refractivity contribution in [3.8, 4) is 0 Å². The maximum atomic E-state index is 10.9. The number of aryl methyl sites for hydroxylation is 1. The number of anilines is 1. The van der Waals surface area contributed by atoms with E-state index in [2.05, 4.69) is 21.7 Å². The quantitative estimate of drug-likeness (QED) is 0.565. The molecule has 0 saturated carbocycles. The van der Waals surface area contributed by atoms with Crippen LogP contribution >= 0.6 is 0 Å². The first-order chi connectivity index (χ1) is 11.3. The molecule has 3 aromatic rings. The van der Waals surface area contributed by atoms with Crippen molar-refractivity contribution in [3.63, 3.8) is 0 Å². The molecule has 1 unspecified atom stereocenters. The molecule has 0 aliphatic rings. The van der Waals surface area contributed by atoms with Gasteiger partial charge in [0, 0.05) is 30.2 Å². The van der Waals surface area contributed by atoms with Crippen LogP contribution < -0.4 is 11.5 Å². The van der Waals surface area contributed by atoms with Crippen molar-refractivity contribution in [3.05, 3.63) is 64.0 Å². The van der Waals surface area contributed by atoms with Crippen LogP contribution in [0.2, 0.25) is 0 Å². The van der Waals surface area contributed by atoms with Crippen LogP contribution in [0.4, 0.5) is 11.5 Å². The van der Waals surface area contributed by atoms with Crippen molar-refractivity contribution in [2.75, 3.05) is 5.73 Å². The maximum absolute atomic E-state index is 10.9. The van der Waals surface area contributed by atoms with Gasteiger partial charge in [-0.25, -0.2) is 4.98 Å². The second-order valence-electron chi connectivity index (χ2n) is 6.23. The van der Waals surface area contributed by atoms with Crippen LogP contribution in [0.3, 0.4) is 0 Å². The van der Waals surface area contributed by atoms with Crippen molar-refractivity contribution < 1.29 is 4.92 Å². The van der Waals surface area contributed by atoms with Gasteiger partial charge in [-0.3, -0.25) is 10.1 Å². The Labute approximate surface area is 139 Å². The van der Waals surface area contributed by atoms with E-state index in [1.54, 1.807) is 6.07 Å². The van der Waals surface area contributed by atoms with E-state index in [0.717, 1.165) is 16.5 Å². The highest BCUT2D eigenvalue weighted by molar-refractivity contribution is 5.84. The Bertz CT molecular complexity index is 930. The number of hydrogen-bond donors (Lipinski definition) is 2. The van der Waals surface area contributed by atoms with Gasteiger partial charge in [-0.15, -0.1) is 0 Å². The molecular weight excluding hydrogens is 306 g/mol. The predicted octanol–water partition coefficient (Wildman–Crippen LogP) is 2.48. The number of para-hydroxylation sites is 1. The molecule has 0 aliphatic carbocycles. The number of pyridine rings is 1. The monoisotopic (exact) mass is 325 g/mol. The van der Waals surface area contributed by atoms with E-state index in [4.69, 9.17) is 11.5 Å². The topological polar surface area (TPSA) is 113 Å². The number of nitrogens with two attached hydrogens (primary N) is 2. The van der Waals surface area contributed by atoms with Gasteiger partial charge < -0.3 is 16.0 Å². The van der Waals surface area contributed by atoms with E-state index < -0.39 is 10.5 Å². The summed E-state index contributed by atoms with van der Waals surface area (Å²) >= 11 is 0. The summed E-state index contributed by atoms with van der Waals surface area (Å²) in [6.45, 7) is 1.85. The summed E-state index contributed by atoms with van der Waals surface area (Å²) in [7, 11) is 1.99. The molecule has 0 fully saturated rings. The van der Waals surface area contributed by atoms with E-state index in [0.29, 0.717) is 12.1 Å². The zero-order valence-corrected chi connectivity index (χ0v) is 13.6. The van der Waals surface area contributed by atoms with Crippen molar-refractivity contribution in [1.29, 1.82) is 0 Å². The van der Waals surface area contributed by atoms with E-state index in [-0.39, 0.29) is 11.5 Å². The maximum Gasteiger partial charge on any atom is 0.311 e. The lowest BCUT2D eigenvalue weighted by atomic mass is 9.90. The number of aromatic nitrogens is 2. The van der Waals surface area contributed by atoms with E-state index in [9.17, 15) is 10.1 Å². The lowest BCUT2D eigenvalue weighted by Gasteiger charge is -2.24. The highest BCUT2D eigenvalue weighted by Gasteiger charge is 2.27. The largest absolute Gasteiger partial charge is 0.378 e. The minimum atomic E-state index is -0.798. The molecule has 0 amide bonds. The first-order valence-corrected chi connectivity index (χ1v) is 7.53. The standard InChI is InChI=1S/C17H19N5O2/c1-17(19,15-8-7-14(22(23)24)16(18)20-15)9-11-10-21(2)13-6-4-3-5-12(11)13/h3-8,10H,9,19H2,1-2H3,(H2,18,20). The summed E-state index contributed by atoms with van der Waals surface area (Å²) in [5.41, 5.74) is 13.9. The Hall–Kier alpha value is -2.93. The normalized spacial score (nSPS) is 13.8. The van der Waals surface area contributed by atoms with Crippen molar-refractivity contribution in [2.45, 2.75) is 18.9 Å². The molecule has 0 spiro atoms. The second-order valence-corrected chi connectivity index (χ2v) is 6.23. The summed E-state index contributed by atoms with van der Waals surface area (Å²) in [5.74, 6) is -0.118. The van der Waals surface area contributed by atoms with Crippen LogP contribution in [0.1, 0.15) is 18.2 Å². The summed E-state index contributed by atoms with van der Waals surface area (Å²) < 4.78 is 2.05. The Morgan fingerprint density at radius 2 is 2.00 bits per heavy atom. The predicted molar refractivity (Wildman–Crippen MR) is 93.5 cm³/mol. The molecule has 7 heteroatoms. The molecule has 124 valence electrons. The van der Waals surface area contributed by atoms with Crippen molar-refractivity contribution in [1.82, 2.24) is 9.55 Å². The molecule has 0 saturated heterocycles. The molecule has 0 bridgehead atoms. The number of nitrogens with zero attached hydrogens (tertiary/aromatic N) is 3. The summed E-state index contributed by atoms with van der Waals surface area (Å²) in [5, 5.41) is 12.0. The lowest BCUT2D eigenvalue weighted by molar-refractivity contribution is -0.384. The van der Waals surface area contributed by atoms with Gasteiger partial charge in [0.2, 0.25) is 5.82 Å². The Morgan fingerprint density at radius 3 is 2.67 bits per heavy atom. The van der Waals surface area contributed by atoms with Gasteiger partial charge in [0.05, 0.1) is 16.2 Å². The van der Waals surface area contributed by atoms with Crippen LogP contribution in [0.5, 0.6) is 0 Å². The van der Waals surface area contributed by atoms with E-state index in [1.807, 2.05) is 32.3 Å². The molecule has 2 heterocycles. The van der Waals surface area contributed by atoms with Crippen LogP contribution in [0.25, 0.3) is 10.9 Å². The zero-order chi connectivity index (χ0) is 17.5. The number of nitro groups is 1. The van der Waals surface area contributed by atoms with Gasteiger partial charge in [0.1, 0.15) is 0 Å². The Balaban J connectivity index is 1.98. The number of hydrogen-bond acceptors (Lipinski definition) is 5. The molecule has 0 radical (unpaired) electrons. The molecule has 2 aromatic heterocycles. The van der Waals surface area contributed by atoms with Crippen molar-refractivity contribution >= 4 is 22.4 Å². The molecule has 7 nitrogen and oxygen atoms in total. The van der Waals surface area contributed by atoms with Crippen LogP contribution in [-0.2, 0) is 19.0 Å². The molecule has 3 rings (SSSR count). The Kier molecular flexibility index (Phi) is 3.73. The first-order valence-electron chi connectivity index (χ1n) is 7.53. The fourth-order valence-electron chi connectivity index (χ4n) is 2.99. The number of benzene rings is 1. The molecule has 24 heavy (non-hydrogen) atoms. The van der Waals surface area contributed by atoms with Crippen molar-refractivity contribution in [2.24, 2.45) is 12.8 Å². The highest BCUT2D eigenvalue weighted by Crippen LogP contribution is 2.29. The smallest absolute Gasteiger partial charge is 0.311 e. The summed E-state index contributed by atoms with van der Waals surface area (Å²) in [6, 6.07) is 11.0. The fourth-order valence-corrected chi connectivity index (χ4v) is 2.99. The van der Waals surface area contributed by atoms with Gasteiger partial charge in [-0.1, -0.05) is 18.2 Å². The van der Waals surface area contributed by atoms with Gasteiger partial charge in [0.15, 0.2) is 0 Å². The third-order valence-electron chi connectivity index (χ3n) is 4.22. The fraction of sp³-hybridized carbons (Fsp3) is 0.235. The molecule has 4 N–H and O–H groups in total. The SMILES string of the molecule is Cn1cc(CC(C)(N)c2ccc([N+](=O)[O-])c(N)n2)c2ccccc21. The van der Waals surface area contributed by atoms with Crippen LogP contribution in [0, 0.1) is 10.1 Å².